The zero-order chi connectivity index (χ0) is 14.5. The zero-order valence-electron chi connectivity index (χ0n) is 12.0. The molecule has 2 N–H and O–H groups in total. The molecule has 20 heavy (non-hydrogen) atoms. The highest BCUT2D eigenvalue weighted by atomic mass is 16.5. The lowest BCUT2D eigenvalue weighted by Gasteiger charge is -2.19. The van der Waals surface area contributed by atoms with E-state index in [1.54, 1.807) is 0 Å². The third-order valence-electron chi connectivity index (χ3n) is 3.66. The van der Waals surface area contributed by atoms with Crippen molar-refractivity contribution in [1.29, 1.82) is 0 Å². The molecule has 1 fully saturated rings. The fourth-order valence-electron chi connectivity index (χ4n) is 2.32. The van der Waals surface area contributed by atoms with Gasteiger partial charge in [-0.05, 0) is 36.6 Å². The number of likely N-dealkylation sites (N-methyl/N-ethyl adjacent to an activating group) is 1. The molecule has 1 heterocycles. The van der Waals surface area contributed by atoms with Crippen LogP contribution in [0.25, 0.3) is 0 Å². The van der Waals surface area contributed by atoms with Gasteiger partial charge in [-0.3, -0.25) is 4.79 Å². The van der Waals surface area contributed by atoms with Crippen molar-refractivity contribution in [2.75, 3.05) is 37.0 Å². The minimum absolute atomic E-state index is 0.0773. The van der Waals surface area contributed by atoms with Crippen LogP contribution in [-0.2, 0) is 9.53 Å². The Hall–Kier alpha value is -1.59. The number of hydrogen-bond acceptors (Lipinski definition) is 4. The summed E-state index contributed by atoms with van der Waals surface area (Å²) in [4.78, 5) is 14.0. The molecule has 1 saturated heterocycles. The van der Waals surface area contributed by atoms with Gasteiger partial charge in [-0.25, -0.2) is 0 Å². The molecule has 0 spiro atoms. The fraction of sp³-hybridized carbons (Fsp3) is 0.533. The summed E-state index contributed by atoms with van der Waals surface area (Å²) in [5.74, 6) is 0.191. The van der Waals surface area contributed by atoms with E-state index >= 15 is 0 Å². The second-order valence-corrected chi connectivity index (χ2v) is 5.24. The first-order valence-electron chi connectivity index (χ1n) is 6.96. The van der Waals surface area contributed by atoms with E-state index in [1.165, 1.54) is 0 Å². The number of carbonyl (C=O) groups is 1. The molecule has 1 amide bonds. The predicted octanol–water partition coefficient (Wildman–Crippen LogP) is 1.48. The van der Waals surface area contributed by atoms with Gasteiger partial charge in [0.15, 0.2) is 0 Å². The fourth-order valence-corrected chi connectivity index (χ4v) is 2.32. The molecular weight excluding hydrogens is 256 g/mol. The van der Waals surface area contributed by atoms with Crippen LogP contribution in [-0.4, -0.2) is 43.9 Å². The van der Waals surface area contributed by atoms with Crippen molar-refractivity contribution in [2.45, 2.75) is 19.4 Å². The van der Waals surface area contributed by atoms with Crippen LogP contribution in [0.1, 0.15) is 13.3 Å². The van der Waals surface area contributed by atoms with E-state index in [0.717, 1.165) is 17.8 Å². The van der Waals surface area contributed by atoms with Crippen molar-refractivity contribution in [3.8, 4) is 0 Å². The smallest absolute Gasteiger partial charge is 0.253 e. The molecule has 0 aromatic heterocycles. The van der Waals surface area contributed by atoms with E-state index in [0.29, 0.717) is 13.2 Å². The van der Waals surface area contributed by atoms with Crippen molar-refractivity contribution in [2.24, 2.45) is 5.92 Å². The molecular formula is C15H22N2O3. The Morgan fingerprint density at radius 2 is 2.15 bits per heavy atom. The van der Waals surface area contributed by atoms with Crippen molar-refractivity contribution in [3.63, 3.8) is 0 Å². The summed E-state index contributed by atoms with van der Waals surface area (Å²) in [6.07, 6.45) is 0.593. The molecule has 1 aliphatic rings. The van der Waals surface area contributed by atoms with Crippen LogP contribution in [0, 0.1) is 5.92 Å². The molecule has 0 bridgehead atoms. The van der Waals surface area contributed by atoms with E-state index < -0.39 is 0 Å². The van der Waals surface area contributed by atoms with Crippen molar-refractivity contribution < 1.29 is 14.6 Å². The number of anilines is 2. The molecule has 5 heteroatoms. The standard InChI is InChI=1S/C15H22N2O3/c1-11-7-10-20-14(11)15(19)16-12-3-5-13(6-4-12)17(2)8-9-18/h3-6,11,14,18H,7-10H2,1-2H3,(H,16,19). The van der Waals surface area contributed by atoms with Crippen molar-refractivity contribution >= 4 is 17.3 Å². The largest absolute Gasteiger partial charge is 0.395 e. The highest BCUT2D eigenvalue weighted by Crippen LogP contribution is 2.22. The Balaban J connectivity index is 1.95. The molecule has 1 aromatic carbocycles. The van der Waals surface area contributed by atoms with Crippen molar-refractivity contribution in [1.82, 2.24) is 0 Å². The van der Waals surface area contributed by atoms with E-state index in [1.807, 2.05) is 43.1 Å². The summed E-state index contributed by atoms with van der Waals surface area (Å²) in [7, 11) is 1.91. The second kappa shape index (κ2) is 6.72. The van der Waals surface area contributed by atoms with Gasteiger partial charge in [0.1, 0.15) is 6.10 Å². The number of benzene rings is 1. The summed E-state index contributed by atoms with van der Waals surface area (Å²) in [5, 5.41) is 11.8. The van der Waals surface area contributed by atoms with Crippen LogP contribution in [0.4, 0.5) is 11.4 Å². The minimum atomic E-state index is -0.341. The molecule has 110 valence electrons. The summed E-state index contributed by atoms with van der Waals surface area (Å²) in [6, 6.07) is 7.57. The lowest BCUT2D eigenvalue weighted by Crippen LogP contribution is -2.31. The SMILES string of the molecule is CC1CCOC1C(=O)Nc1ccc(N(C)CCO)cc1. The lowest BCUT2D eigenvalue weighted by molar-refractivity contribution is -0.126. The molecule has 1 aliphatic heterocycles. The number of rotatable bonds is 5. The Labute approximate surface area is 119 Å². The number of nitrogens with zero attached hydrogens (tertiary/aromatic N) is 1. The first-order chi connectivity index (χ1) is 9.61. The Morgan fingerprint density at radius 3 is 2.70 bits per heavy atom. The number of aliphatic hydroxyl groups excluding tert-OH is 1. The Bertz CT molecular complexity index is 447. The van der Waals surface area contributed by atoms with Gasteiger partial charge in [0.05, 0.1) is 6.61 Å². The van der Waals surface area contributed by atoms with Gasteiger partial charge in [-0.2, -0.15) is 0 Å². The number of nitrogens with one attached hydrogen (secondary N) is 1. The zero-order valence-corrected chi connectivity index (χ0v) is 12.0. The van der Waals surface area contributed by atoms with Crippen LogP contribution < -0.4 is 10.2 Å². The monoisotopic (exact) mass is 278 g/mol. The number of amides is 1. The molecule has 2 rings (SSSR count). The Morgan fingerprint density at radius 1 is 1.45 bits per heavy atom. The topological polar surface area (TPSA) is 61.8 Å². The van der Waals surface area contributed by atoms with E-state index in [9.17, 15) is 4.79 Å². The summed E-state index contributed by atoms with van der Waals surface area (Å²) in [6.45, 7) is 3.39. The predicted molar refractivity (Wildman–Crippen MR) is 78.9 cm³/mol. The maximum absolute atomic E-state index is 12.1. The molecule has 2 atom stereocenters. The van der Waals surface area contributed by atoms with Crippen LogP contribution in [0.2, 0.25) is 0 Å². The van der Waals surface area contributed by atoms with Crippen molar-refractivity contribution in [3.05, 3.63) is 24.3 Å². The van der Waals surface area contributed by atoms with Crippen LogP contribution in [0.3, 0.4) is 0 Å². The number of carbonyl (C=O) groups excluding carboxylic acids is 1. The van der Waals surface area contributed by atoms with Gasteiger partial charge in [0.25, 0.3) is 5.91 Å². The van der Waals surface area contributed by atoms with Crippen LogP contribution >= 0.6 is 0 Å². The lowest BCUT2D eigenvalue weighted by atomic mass is 10.0. The number of aliphatic hydroxyl groups is 1. The quantitative estimate of drug-likeness (QED) is 0.856. The molecule has 5 nitrogen and oxygen atoms in total. The summed E-state index contributed by atoms with van der Waals surface area (Å²) in [5.41, 5.74) is 1.77. The third-order valence-corrected chi connectivity index (χ3v) is 3.66. The normalized spacial score (nSPS) is 21.8. The Kier molecular flexibility index (Phi) is 4.98. The summed E-state index contributed by atoms with van der Waals surface area (Å²) >= 11 is 0. The first-order valence-corrected chi connectivity index (χ1v) is 6.96. The molecule has 0 aliphatic carbocycles. The van der Waals surface area contributed by atoms with Gasteiger partial charge in [0.2, 0.25) is 0 Å². The van der Waals surface area contributed by atoms with E-state index in [4.69, 9.17) is 9.84 Å². The average Bonchev–Trinajstić information content (AvgIpc) is 2.86. The molecule has 2 unspecified atom stereocenters. The molecule has 0 radical (unpaired) electrons. The average molecular weight is 278 g/mol. The van der Waals surface area contributed by atoms with Crippen LogP contribution in [0.15, 0.2) is 24.3 Å². The van der Waals surface area contributed by atoms with E-state index in [-0.39, 0.29) is 24.5 Å². The minimum Gasteiger partial charge on any atom is -0.395 e. The van der Waals surface area contributed by atoms with Crippen LogP contribution in [0.5, 0.6) is 0 Å². The summed E-state index contributed by atoms with van der Waals surface area (Å²) < 4.78 is 5.45. The number of ether oxygens (including phenoxy) is 1. The highest BCUT2D eigenvalue weighted by Gasteiger charge is 2.30. The van der Waals surface area contributed by atoms with Gasteiger partial charge >= 0.3 is 0 Å². The maximum atomic E-state index is 12.1. The van der Waals surface area contributed by atoms with Gasteiger partial charge in [-0.15, -0.1) is 0 Å². The van der Waals surface area contributed by atoms with Gasteiger partial charge in [-0.1, -0.05) is 6.92 Å². The van der Waals surface area contributed by atoms with Gasteiger partial charge in [0, 0.05) is 31.6 Å². The highest BCUT2D eigenvalue weighted by molar-refractivity contribution is 5.94. The van der Waals surface area contributed by atoms with E-state index in [2.05, 4.69) is 5.32 Å². The second-order valence-electron chi connectivity index (χ2n) is 5.24. The van der Waals surface area contributed by atoms with Gasteiger partial charge < -0.3 is 20.1 Å². The molecule has 1 aromatic rings. The third kappa shape index (κ3) is 3.49. The molecule has 0 saturated carbocycles. The number of hydrogen-bond donors (Lipinski definition) is 2. The first kappa shape index (κ1) is 14.8. The maximum Gasteiger partial charge on any atom is 0.253 e.